The quantitative estimate of drug-likeness (QED) is 0.346. The van der Waals surface area contributed by atoms with Gasteiger partial charge in [0.05, 0.1) is 0 Å². The van der Waals surface area contributed by atoms with Crippen molar-refractivity contribution in [1.82, 2.24) is 5.32 Å². The Hall–Kier alpha value is -3.01. The van der Waals surface area contributed by atoms with Gasteiger partial charge in [0.25, 0.3) is 5.91 Å². The minimum absolute atomic E-state index is 0.0544. The van der Waals surface area contributed by atoms with Crippen LogP contribution in [0, 0.1) is 17.2 Å². The number of hydrogen-bond acceptors (Lipinski definition) is 5. The molecule has 0 saturated heterocycles. The normalized spacial score (nSPS) is 12.3. The predicted molar refractivity (Wildman–Crippen MR) is 84.4 cm³/mol. The Morgan fingerprint density at radius 1 is 1.30 bits per heavy atom. The van der Waals surface area contributed by atoms with Crippen LogP contribution in [0.1, 0.15) is 20.3 Å². The number of aromatic hydroxyl groups is 1. The Bertz CT molecular complexity index is 630. The summed E-state index contributed by atoms with van der Waals surface area (Å²) in [7, 11) is 0. The summed E-state index contributed by atoms with van der Waals surface area (Å²) in [5.74, 6) is -1.52. The molecule has 0 radical (unpaired) electrons. The van der Waals surface area contributed by atoms with E-state index in [1.807, 2.05) is 13.8 Å². The molecule has 0 aliphatic heterocycles. The fourth-order valence-electron chi connectivity index (χ4n) is 1.79. The van der Waals surface area contributed by atoms with Gasteiger partial charge in [-0.25, -0.2) is 4.79 Å². The van der Waals surface area contributed by atoms with Gasteiger partial charge in [-0.3, -0.25) is 4.79 Å². The number of aliphatic carboxylic acids is 1. The Kier molecular flexibility index (Phi) is 6.62. The number of hydrogen-bond donors (Lipinski definition) is 4. The van der Waals surface area contributed by atoms with Crippen molar-refractivity contribution >= 4 is 17.6 Å². The predicted octanol–water partition coefficient (Wildman–Crippen LogP) is 1.83. The number of nitrogens with zero attached hydrogens (tertiary/aromatic N) is 1. The van der Waals surface area contributed by atoms with Gasteiger partial charge in [-0.15, -0.1) is 0 Å². The molecule has 0 aromatic heterocycles. The minimum Gasteiger partial charge on any atom is -0.508 e. The molecule has 1 atom stereocenters. The van der Waals surface area contributed by atoms with E-state index >= 15 is 0 Å². The van der Waals surface area contributed by atoms with Gasteiger partial charge in [0.15, 0.2) is 0 Å². The molecule has 1 aromatic rings. The molecule has 0 aliphatic carbocycles. The molecule has 122 valence electrons. The third-order valence-electron chi connectivity index (χ3n) is 2.92. The molecule has 0 saturated carbocycles. The van der Waals surface area contributed by atoms with Crippen LogP contribution in [0.15, 0.2) is 36.0 Å². The number of benzene rings is 1. The number of carbonyl (C=O) groups excluding carboxylic acids is 1. The Labute approximate surface area is 134 Å². The molecule has 0 spiro atoms. The standard InChI is InChI=1S/C16H19N3O4/c1-10(2)7-14(16(22)23)18-9-11(8-17)15(21)19-12-3-5-13(20)6-4-12/h3-6,9-10,14,18,20H,7H2,1-2H3,(H,19,21)(H,22,23)/b11-9-. The van der Waals surface area contributed by atoms with E-state index in [9.17, 15) is 14.7 Å². The fraction of sp³-hybridized carbons (Fsp3) is 0.312. The highest BCUT2D eigenvalue weighted by atomic mass is 16.4. The first-order valence-electron chi connectivity index (χ1n) is 7.03. The molecule has 4 N–H and O–H groups in total. The van der Waals surface area contributed by atoms with Crippen LogP contribution in [0.2, 0.25) is 0 Å². The second-order valence-electron chi connectivity index (χ2n) is 5.36. The van der Waals surface area contributed by atoms with E-state index < -0.39 is 17.9 Å². The molecule has 0 aliphatic rings. The lowest BCUT2D eigenvalue weighted by Gasteiger charge is -2.15. The van der Waals surface area contributed by atoms with Crippen molar-refractivity contribution in [2.45, 2.75) is 26.3 Å². The molecule has 23 heavy (non-hydrogen) atoms. The van der Waals surface area contributed by atoms with Crippen LogP contribution in [0.25, 0.3) is 0 Å². The third-order valence-corrected chi connectivity index (χ3v) is 2.92. The SMILES string of the molecule is CC(C)CC(N/C=C(/C#N)C(=O)Nc1ccc(O)cc1)C(=O)O. The number of phenols is 1. The lowest BCUT2D eigenvalue weighted by molar-refractivity contribution is -0.139. The minimum atomic E-state index is -1.05. The highest BCUT2D eigenvalue weighted by Gasteiger charge is 2.18. The van der Waals surface area contributed by atoms with Crippen molar-refractivity contribution < 1.29 is 19.8 Å². The van der Waals surface area contributed by atoms with Crippen LogP contribution in [0.5, 0.6) is 5.75 Å². The van der Waals surface area contributed by atoms with Crippen molar-refractivity contribution in [3.63, 3.8) is 0 Å². The molecule has 1 unspecified atom stereocenters. The molecule has 0 heterocycles. The zero-order chi connectivity index (χ0) is 17.4. The Morgan fingerprint density at radius 3 is 2.39 bits per heavy atom. The van der Waals surface area contributed by atoms with E-state index in [2.05, 4.69) is 10.6 Å². The van der Waals surface area contributed by atoms with Crippen LogP contribution in [-0.2, 0) is 9.59 Å². The number of phenolic OH excluding ortho intramolecular Hbond substituents is 1. The van der Waals surface area contributed by atoms with Crippen molar-refractivity contribution in [3.8, 4) is 11.8 Å². The highest BCUT2D eigenvalue weighted by Crippen LogP contribution is 2.14. The maximum Gasteiger partial charge on any atom is 0.326 e. The summed E-state index contributed by atoms with van der Waals surface area (Å²) >= 11 is 0. The molecule has 0 fully saturated rings. The average Bonchev–Trinajstić information content (AvgIpc) is 2.48. The van der Waals surface area contributed by atoms with Crippen LogP contribution in [-0.4, -0.2) is 28.1 Å². The van der Waals surface area contributed by atoms with E-state index in [4.69, 9.17) is 10.4 Å². The van der Waals surface area contributed by atoms with Crippen LogP contribution in [0.3, 0.4) is 0 Å². The van der Waals surface area contributed by atoms with E-state index in [-0.39, 0.29) is 17.2 Å². The van der Waals surface area contributed by atoms with E-state index in [1.54, 1.807) is 6.07 Å². The van der Waals surface area contributed by atoms with Gasteiger partial charge in [0, 0.05) is 11.9 Å². The summed E-state index contributed by atoms with van der Waals surface area (Å²) in [4.78, 5) is 23.1. The zero-order valence-corrected chi connectivity index (χ0v) is 12.9. The summed E-state index contributed by atoms with van der Waals surface area (Å²) in [6, 6.07) is 6.60. The summed E-state index contributed by atoms with van der Waals surface area (Å²) < 4.78 is 0. The van der Waals surface area contributed by atoms with Gasteiger partial charge in [-0.1, -0.05) is 13.8 Å². The topological polar surface area (TPSA) is 122 Å². The summed E-state index contributed by atoms with van der Waals surface area (Å²) in [5.41, 5.74) is 0.166. The fourth-order valence-corrected chi connectivity index (χ4v) is 1.79. The second kappa shape index (κ2) is 8.44. The molecule has 1 aromatic carbocycles. The number of carboxylic acids is 1. The Morgan fingerprint density at radius 2 is 1.91 bits per heavy atom. The van der Waals surface area contributed by atoms with Crippen molar-refractivity contribution in [1.29, 1.82) is 5.26 Å². The summed E-state index contributed by atoms with van der Waals surface area (Å²) in [5, 5.41) is 32.4. The number of carboxylic acid groups (broad SMARTS) is 1. The van der Waals surface area contributed by atoms with Crippen LogP contribution < -0.4 is 10.6 Å². The van der Waals surface area contributed by atoms with Gasteiger partial charge in [-0.2, -0.15) is 5.26 Å². The molecule has 1 amide bonds. The highest BCUT2D eigenvalue weighted by molar-refractivity contribution is 6.06. The molecular formula is C16H19N3O4. The maximum atomic E-state index is 12.0. The number of carbonyl (C=O) groups is 2. The van der Waals surface area contributed by atoms with E-state index in [1.165, 1.54) is 24.3 Å². The number of rotatable bonds is 7. The van der Waals surface area contributed by atoms with Gasteiger partial charge >= 0.3 is 5.97 Å². The molecule has 0 bridgehead atoms. The first-order chi connectivity index (χ1) is 10.8. The van der Waals surface area contributed by atoms with Crippen LogP contribution >= 0.6 is 0 Å². The lowest BCUT2D eigenvalue weighted by Crippen LogP contribution is -2.35. The van der Waals surface area contributed by atoms with Crippen molar-refractivity contribution in [2.24, 2.45) is 5.92 Å². The number of anilines is 1. The first kappa shape index (κ1) is 18.0. The first-order valence-corrected chi connectivity index (χ1v) is 7.03. The molecule has 1 rings (SSSR count). The molecular weight excluding hydrogens is 298 g/mol. The molecule has 7 nitrogen and oxygen atoms in total. The van der Waals surface area contributed by atoms with Gasteiger partial charge < -0.3 is 20.8 Å². The average molecular weight is 317 g/mol. The Balaban J connectivity index is 2.77. The van der Waals surface area contributed by atoms with Crippen molar-refractivity contribution in [3.05, 3.63) is 36.0 Å². The van der Waals surface area contributed by atoms with Gasteiger partial charge in [0.1, 0.15) is 23.4 Å². The summed E-state index contributed by atoms with van der Waals surface area (Å²) in [6.45, 7) is 3.76. The third kappa shape index (κ3) is 6.09. The van der Waals surface area contributed by atoms with E-state index in [0.29, 0.717) is 12.1 Å². The second-order valence-corrected chi connectivity index (χ2v) is 5.36. The lowest BCUT2D eigenvalue weighted by atomic mass is 10.0. The monoisotopic (exact) mass is 317 g/mol. The maximum absolute atomic E-state index is 12.0. The van der Waals surface area contributed by atoms with Crippen LogP contribution in [0.4, 0.5) is 5.69 Å². The van der Waals surface area contributed by atoms with Crippen molar-refractivity contribution in [2.75, 3.05) is 5.32 Å². The van der Waals surface area contributed by atoms with Gasteiger partial charge in [-0.05, 0) is 36.6 Å². The molecule has 7 heteroatoms. The number of amides is 1. The smallest absolute Gasteiger partial charge is 0.326 e. The number of nitriles is 1. The largest absolute Gasteiger partial charge is 0.508 e. The summed E-state index contributed by atoms with van der Waals surface area (Å²) in [6.07, 6.45) is 1.47. The van der Waals surface area contributed by atoms with Gasteiger partial charge in [0.2, 0.25) is 0 Å². The van der Waals surface area contributed by atoms with E-state index in [0.717, 1.165) is 6.20 Å². The number of nitrogens with one attached hydrogen (secondary N) is 2. The zero-order valence-electron chi connectivity index (χ0n) is 12.9.